The number of sulfonamides is 1. The van der Waals surface area contributed by atoms with Crippen LogP contribution in [0.25, 0.3) is 0 Å². The largest absolute Gasteiger partial charge is 0.481 e. The van der Waals surface area contributed by atoms with Gasteiger partial charge in [-0.25, -0.2) is 17.2 Å². The molecule has 0 spiro atoms. The molecule has 2 aromatic carbocycles. The fraction of sp³-hybridized carbons (Fsp3) is 0.316. The maximum atomic E-state index is 13.9. The van der Waals surface area contributed by atoms with Crippen molar-refractivity contribution in [1.82, 2.24) is 9.21 Å². The fourth-order valence-electron chi connectivity index (χ4n) is 2.98. The Balaban J connectivity index is 1.62. The lowest BCUT2D eigenvalue weighted by atomic mass is 10.3. The molecule has 1 atom stereocenters. The van der Waals surface area contributed by atoms with E-state index in [1.165, 1.54) is 4.90 Å². The van der Waals surface area contributed by atoms with Crippen molar-refractivity contribution in [1.29, 1.82) is 0 Å². The highest BCUT2D eigenvalue weighted by Crippen LogP contribution is 2.22. The zero-order valence-electron chi connectivity index (χ0n) is 15.2. The number of para-hydroxylation sites is 1. The molecule has 0 saturated carbocycles. The molecule has 0 N–H and O–H groups in total. The van der Waals surface area contributed by atoms with Crippen molar-refractivity contribution >= 4 is 15.9 Å². The first-order valence-corrected chi connectivity index (χ1v) is 10.2. The Morgan fingerprint density at radius 1 is 1.04 bits per heavy atom. The molecule has 150 valence electrons. The van der Waals surface area contributed by atoms with Crippen LogP contribution in [0.15, 0.2) is 53.4 Å². The SMILES string of the molecule is C[C@@H](Oc1ccccc1)C(=O)N1CCN(S(=O)(=O)c2ccc(F)cc2F)CC1. The molecule has 0 aliphatic carbocycles. The van der Waals surface area contributed by atoms with Crippen LogP contribution in [-0.2, 0) is 14.8 Å². The summed E-state index contributed by atoms with van der Waals surface area (Å²) < 4.78 is 58.9. The second-order valence-electron chi connectivity index (χ2n) is 6.38. The molecule has 1 fully saturated rings. The van der Waals surface area contributed by atoms with Crippen molar-refractivity contribution in [2.75, 3.05) is 26.2 Å². The average molecular weight is 410 g/mol. The number of amides is 1. The third kappa shape index (κ3) is 4.31. The van der Waals surface area contributed by atoms with Gasteiger partial charge in [-0.15, -0.1) is 0 Å². The van der Waals surface area contributed by atoms with Gasteiger partial charge in [-0.3, -0.25) is 4.79 Å². The minimum absolute atomic E-state index is 0.0168. The summed E-state index contributed by atoms with van der Waals surface area (Å²) in [5.41, 5.74) is 0. The lowest BCUT2D eigenvalue weighted by molar-refractivity contribution is -0.139. The molecule has 0 bridgehead atoms. The van der Waals surface area contributed by atoms with Gasteiger partial charge in [-0.2, -0.15) is 4.31 Å². The Hall–Kier alpha value is -2.52. The fourth-order valence-corrected chi connectivity index (χ4v) is 4.45. The molecule has 3 rings (SSSR count). The number of piperazine rings is 1. The van der Waals surface area contributed by atoms with Crippen LogP contribution >= 0.6 is 0 Å². The van der Waals surface area contributed by atoms with Gasteiger partial charge in [0, 0.05) is 32.2 Å². The average Bonchev–Trinajstić information content (AvgIpc) is 2.68. The maximum Gasteiger partial charge on any atom is 0.263 e. The summed E-state index contributed by atoms with van der Waals surface area (Å²) in [5, 5.41) is 0. The van der Waals surface area contributed by atoms with E-state index in [4.69, 9.17) is 4.74 Å². The van der Waals surface area contributed by atoms with Gasteiger partial charge in [0.05, 0.1) is 0 Å². The Kier molecular flexibility index (Phi) is 5.95. The molecule has 1 saturated heterocycles. The topological polar surface area (TPSA) is 66.9 Å². The summed E-state index contributed by atoms with van der Waals surface area (Å²) >= 11 is 0. The molecule has 1 heterocycles. The second-order valence-corrected chi connectivity index (χ2v) is 8.28. The first-order chi connectivity index (χ1) is 13.3. The maximum absolute atomic E-state index is 13.9. The highest BCUT2D eigenvalue weighted by atomic mass is 32.2. The highest BCUT2D eigenvalue weighted by Gasteiger charge is 2.33. The smallest absolute Gasteiger partial charge is 0.263 e. The van der Waals surface area contributed by atoms with Gasteiger partial charge < -0.3 is 9.64 Å². The van der Waals surface area contributed by atoms with E-state index in [0.717, 1.165) is 16.4 Å². The Bertz CT molecular complexity index is 946. The molecule has 1 amide bonds. The second kappa shape index (κ2) is 8.24. The molecule has 0 radical (unpaired) electrons. The van der Waals surface area contributed by atoms with Crippen LogP contribution in [0.4, 0.5) is 8.78 Å². The van der Waals surface area contributed by atoms with Gasteiger partial charge in [-0.1, -0.05) is 18.2 Å². The van der Waals surface area contributed by atoms with Gasteiger partial charge in [0.15, 0.2) is 6.10 Å². The molecule has 28 heavy (non-hydrogen) atoms. The van der Waals surface area contributed by atoms with Crippen LogP contribution in [-0.4, -0.2) is 55.8 Å². The Labute approximate surface area is 162 Å². The van der Waals surface area contributed by atoms with Gasteiger partial charge in [0.1, 0.15) is 22.3 Å². The highest BCUT2D eigenvalue weighted by molar-refractivity contribution is 7.89. The van der Waals surface area contributed by atoms with Crippen molar-refractivity contribution in [2.45, 2.75) is 17.9 Å². The number of nitrogens with zero attached hydrogens (tertiary/aromatic N) is 2. The van der Waals surface area contributed by atoms with Crippen LogP contribution in [0, 0.1) is 11.6 Å². The Morgan fingerprint density at radius 3 is 2.29 bits per heavy atom. The van der Waals surface area contributed by atoms with Crippen molar-refractivity contribution < 1.29 is 26.7 Å². The van der Waals surface area contributed by atoms with Crippen LogP contribution < -0.4 is 4.74 Å². The van der Waals surface area contributed by atoms with E-state index < -0.39 is 32.7 Å². The molecule has 1 aliphatic heterocycles. The molecule has 0 unspecified atom stereocenters. The van der Waals surface area contributed by atoms with Gasteiger partial charge in [0.2, 0.25) is 10.0 Å². The van der Waals surface area contributed by atoms with Crippen molar-refractivity contribution in [3.8, 4) is 5.75 Å². The summed E-state index contributed by atoms with van der Waals surface area (Å²) in [6, 6.07) is 11.3. The molecular weight excluding hydrogens is 390 g/mol. The van der Waals surface area contributed by atoms with Crippen LogP contribution in [0.2, 0.25) is 0 Å². The summed E-state index contributed by atoms with van der Waals surface area (Å²) in [4.78, 5) is 13.5. The molecule has 2 aromatic rings. The minimum Gasteiger partial charge on any atom is -0.481 e. The summed E-state index contributed by atoms with van der Waals surface area (Å²) in [7, 11) is -4.10. The molecule has 1 aliphatic rings. The van der Waals surface area contributed by atoms with Gasteiger partial charge in [-0.05, 0) is 31.2 Å². The number of rotatable bonds is 5. The third-order valence-electron chi connectivity index (χ3n) is 4.47. The first-order valence-electron chi connectivity index (χ1n) is 8.75. The van der Waals surface area contributed by atoms with E-state index in [2.05, 4.69) is 0 Å². The van der Waals surface area contributed by atoms with E-state index in [0.29, 0.717) is 11.8 Å². The van der Waals surface area contributed by atoms with E-state index in [1.807, 2.05) is 6.07 Å². The number of carbonyl (C=O) groups excluding carboxylic acids is 1. The summed E-state index contributed by atoms with van der Waals surface area (Å²) in [6.07, 6.45) is -0.722. The number of hydrogen-bond donors (Lipinski definition) is 0. The van der Waals surface area contributed by atoms with E-state index >= 15 is 0 Å². The number of carbonyl (C=O) groups is 1. The molecule has 6 nitrogen and oxygen atoms in total. The minimum atomic E-state index is -4.10. The number of hydrogen-bond acceptors (Lipinski definition) is 4. The molecule has 9 heteroatoms. The quantitative estimate of drug-likeness (QED) is 0.759. The Morgan fingerprint density at radius 2 is 1.68 bits per heavy atom. The lowest BCUT2D eigenvalue weighted by Crippen LogP contribution is -2.53. The van der Waals surface area contributed by atoms with Crippen molar-refractivity contribution in [2.24, 2.45) is 0 Å². The number of halogens is 2. The summed E-state index contributed by atoms with van der Waals surface area (Å²) in [6.45, 7) is 1.98. The zero-order chi connectivity index (χ0) is 20.3. The van der Waals surface area contributed by atoms with Crippen molar-refractivity contribution in [3.05, 3.63) is 60.2 Å². The lowest BCUT2D eigenvalue weighted by Gasteiger charge is -2.35. The third-order valence-corrected chi connectivity index (χ3v) is 6.40. The molecule has 0 aromatic heterocycles. The number of benzene rings is 2. The van der Waals surface area contributed by atoms with Crippen LogP contribution in [0.5, 0.6) is 5.75 Å². The predicted octanol–water partition coefficient (Wildman–Crippen LogP) is 2.27. The van der Waals surface area contributed by atoms with E-state index in [1.54, 1.807) is 31.2 Å². The van der Waals surface area contributed by atoms with Crippen molar-refractivity contribution in [3.63, 3.8) is 0 Å². The van der Waals surface area contributed by atoms with Gasteiger partial charge in [0.25, 0.3) is 5.91 Å². The monoisotopic (exact) mass is 410 g/mol. The standard InChI is InChI=1S/C19H20F2N2O4S/c1-14(27-16-5-3-2-4-6-16)19(24)22-9-11-23(12-10-22)28(25,26)18-8-7-15(20)13-17(18)21/h2-8,13-14H,9-12H2,1H3/t14-/m1/s1. The van der Waals surface area contributed by atoms with Gasteiger partial charge >= 0.3 is 0 Å². The normalized spacial score (nSPS) is 16.6. The first kappa shape index (κ1) is 20.2. The van der Waals surface area contributed by atoms with Crippen LogP contribution in [0.3, 0.4) is 0 Å². The van der Waals surface area contributed by atoms with E-state index in [9.17, 15) is 22.0 Å². The summed E-state index contributed by atoms with van der Waals surface area (Å²) in [5.74, 6) is -1.67. The predicted molar refractivity (Wildman–Crippen MR) is 98.2 cm³/mol. The van der Waals surface area contributed by atoms with Crippen LogP contribution in [0.1, 0.15) is 6.92 Å². The molecular formula is C19H20F2N2O4S. The zero-order valence-corrected chi connectivity index (χ0v) is 16.0. The number of ether oxygens (including phenoxy) is 1. The van der Waals surface area contributed by atoms with E-state index in [-0.39, 0.29) is 32.1 Å².